The van der Waals surface area contributed by atoms with Gasteiger partial charge in [-0.1, -0.05) is 6.07 Å². The van der Waals surface area contributed by atoms with Crippen LogP contribution in [0.2, 0.25) is 0 Å². The van der Waals surface area contributed by atoms with Crippen molar-refractivity contribution < 1.29 is 33.7 Å². The van der Waals surface area contributed by atoms with Crippen LogP contribution in [0.15, 0.2) is 66.7 Å². The third-order valence-corrected chi connectivity index (χ3v) is 7.29. The van der Waals surface area contributed by atoms with Crippen LogP contribution < -0.4 is 24.8 Å². The predicted octanol–water partition coefficient (Wildman–Crippen LogP) is 6.37. The van der Waals surface area contributed by atoms with E-state index in [0.29, 0.717) is 78.2 Å². The van der Waals surface area contributed by atoms with E-state index in [1.807, 2.05) is 39.8 Å². The van der Waals surface area contributed by atoms with Gasteiger partial charge >= 0.3 is 6.09 Å². The number of amides is 3. The zero-order valence-electron chi connectivity index (χ0n) is 25.7. The average molecular weight is 613 g/mol. The molecule has 3 N–H and O–H groups in total. The highest BCUT2D eigenvalue weighted by atomic mass is 16.6. The molecule has 0 bridgehead atoms. The van der Waals surface area contributed by atoms with Gasteiger partial charge < -0.3 is 34.9 Å². The van der Waals surface area contributed by atoms with Crippen molar-refractivity contribution in [2.75, 3.05) is 37.0 Å². The van der Waals surface area contributed by atoms with E-state index in [1.54, 1.807) is 54.6 Å². The zero-order chi connectivity index (χ0) is 32.1. The largest absolute Gasteiger partial charge is 0.486 e. The van der Waals surface area contributed by atoms with E-state index in [2.05, 4.69) is 15.6 Å². The SMILES string of the molecule is Cc1ccc(NC(=O)c2ccc3c(c2)OCCO3)cc1NC(=O)c1ccc2nc(OCCCN(C(=O)O)C(C)(C)C)ccc2c1. The molecule has 0 aliphatic carbocycles. The second kappa shape index (κ2) is 13.1. The van der Waals surface area contributed by atoms with Crippen LogP contribution in [-0.2, 0) is 0 Å². The smallest absolute Gasteiger partial charge is 0.407 e. The lowest BCUT2D eigenvalue weighted by molar-refractivity contribution is 0.0957. The molecule has 45 heavy (non-hydrogen) atoms. The van der Waals surface area contributed by atoms with Crippen LogP contribution in [0.1, 0.15) is 53.5 Å². The summed E-state index contributed by atoms with van der Waals surface area (Å²) in [4.78, 5) is 43.5. The molecule has 234 valence electrons. The fourth-order valence-electron chi connectivity index (χ4n) is 4.86. The molecule has 0 fully saturated rings. The van der Waals surface area contributed by atoms with Crippen molar-refractivity contribution in [2.24, 2.45) is 0 Å². The molecule has 2 heterocycles. The zero-order valence-corrected chi connectivity index (χ0v) is 25.7. The first-order valence-electron chi connectivity index (χ1n) is 14.6. The van der Waals surface area contributed by atoms with Gasteiger partial charge in [-0.2, -0.15) is 0 Å². The molecule has 11 heteroatoms. The second-order valence-electron chi connectivity index (χ2n) is 11.7. The maximum atomic E-state index is 13.2. The summed E-state index contributed by atoms with van der Waals surface area (Å²) >= 11 is 0. The number of aromatic nitrogens is 1. The number of benzene rings is 3. The number of carbonyl (C=O) groups is 3. The number of hydrogen-bond donors (Lipinski definition) is 3. The summed E-state index contributed by atoms with van der Waals surface area (Å²) in [6.45, 7) is 8.98. The minimum Gasteiger partial charge on any atom is -0.486 e. The van der Waals surface area contributed by atoms with Crippen molar-refractivity contribution in [3.8, 4) is 17.4 Å². The Morgan fingerprint density at radius 3 is 2.36 bits per heavy atom. The first-order valence-corrected chi connectivity index (χ1v) is 14.6. The number of rotatable bonds is 9. The number of nitrogens with one attached hydrogen (secondary N) is 2. The van der Waals surface area contributed by atoms with E-state index in [0.717, 1.165) is 10.9 Å². The van der Waals surface area contributed by atoms with Crippen LogP contribution in [-0.4, -0.2) is 64.8 Å². The molecule has 0 saturated carbocycles. The summed E-state index contributed by atoms with van der Waals surface area (Å²) < 4.78 is 16.9. The Bertz CT molecular complexity index is 1750. The Labute approximate surface area is 261 Å². The van der Waals surface area contributed by atoms with E-state index < -0.39 is 11.6 Å². The third-order valence-electron chi connectivity index (χ3n) is 7.29. The highest BCUT2D eigenvalue weighted by Crippen LogP contribution is 2.31. The molecule has 3 amide bonds. The first kappa shape index (κ1) is 31.1. The lowest BCUT2D eigenvalue weighted by atomic mass is 10.1. The summed E-state index contributed by atoms with van der Waals surface area (Å²) in [5.74, 6) is 0.932. The van der Waals surface area contributed by atoms with E-state index in [4.69, 9.17) is 14.2 Å². The number of anilines is 2. The number of nitrogens with zero attached hydrogens (tertiary/aromatic N) is 2. The predicted molar refractivity (Wildman–Crippen MR) is 171 cm³/mol. The molecule has 5 rings (SSSR count). The van der Waals surface area contributed by atoms with Gasteiger partial charge in [0.15, 0.2) is 11.5 Å². The monoisotopic (exact) mass is 612 g/mol. The van der Waals surface area contributed by atoms with Crippen LogP contribution in [0.3, 0.4) is 0 Å². The number of aryl methyl sites for hydroxylation is 1. The van der Waals surface area contributed by atoms with Crippen molar-refractivity contribution in [1.29, 1.82) is 0 Å². The molecular formula is C34H36N4O7. The van der Waals surface area contributed by atoms with Gasteiger partial charge in [0.25, 0.3) is 11.8 Å². The normalized spacial score (nSPS) is 12.4. The highest BCUT2D eigenvalue weighted by molar-refractivity contribution is 6.08. The number of carboxylic acid groups (broad SMARTS) is 1. The molecule has 0 radical (unpaired) electrons. The van der Waals surface area contributed by atoms with Crippen molar-refractivity contribution in [1.82, 2.24) is 9.88 Å². The van der Waals surface area contributed by atoms with Crippen LogP contribution in [0.25, 0.3) is 10.9 Å². The van der Waals surface area contributed by atoms with Gasteiger partial charge in [-0.25, -0.2) is 9.78 Å². The number of pyridine rings is 1. The average Bonchev–Trinajstić information content (AvgIpc) is 3.01. The molecule has 1 aromatic heterocycles. The minimum atomic E-state index is -0.964. The van der Waals surface area contributed by atoms with E-state index in [-0.39, 0.29) is 11.8 Å². The van der Waals surface area contributed by atoms with E-state index in [1.165, 1.54) is 4.90 Å². The van der Waals surface area contributed by atoms with Crippen molar-refractivity contribution in [3.63, 3.8) is 0 Å². The second-order valence-corrected chi connectivity index (χ2v) is 11.7. The van der Waals surface area contributed by atoms with E-state index >= 15 is 0 Å². The topological polar surface area (TPSA) is 139 Å². The molecule has 1 aliphatic heterocycles. The van der Waals surface area contributed by atoms with Gasteiger partial charge in [-0.3, -0.25) is 9.59 Å². The third kappa shape index (κ3) is 7.61. The number of carbonyl (C=O) groups excluding carboxylic acids is 2. The van der Waals surface area contributed by atoms with Gasteiger partial charge in [0.2, 0.25) is 5.88 Å². The van der Waals surface area contributed by atoms with Gasteiger partial charge in [0.1, 0.15) is 13.2 Å². The van der Waals surface area contributed by atoms with Crippen LogP contribution in [0, 0.1) is 6.92 Å². The van der Waals surface area contributed by atoms with Gasteiger partial charge in [-0.05, 0) is 94.3 Å². The molecule has 11 nitrogen and oxygen atoms in total. The Morgan fingerprint density at radius 1 is 0.889 bits per heavy atom. The first-order chi connectivity index (χ1) is 21.5. The molecule has 0 saturated heterocycles. The highest BCUT2D eigenvalue weighted by Gasteiger charge is 2.25. The Morgan fingerprint density at radius 2 is 1.60 bits per heavy atom. The molecular weight excluding hydrogens is 576 g/mol. The quantitative estimate of drug-likeness (QED) is 0.185. The molecule has 1 aliphatic rings. The van der Waals surface area contributed by atoms with Crippen LogP contribution >= 0.6 is 0 Å². The van der Waals surface area contributed by atoms with Gasteiger partial charge in [0.05, 0.1) is 12.1 Å². The Kier molecular flexibility index (Phi) is 9.08. The number of ether oxygens (including phenoxy) is 3. The van der Waals surface area contributed by atoms with Crippen LogP contribution in [0.5, 0.6) is 17.4 Å². The van der Waals surface area contributed by atoms with Crippen molar-refractivity contribution in [3.05, 3.63) is 83.4 Å². The fourth-order valence-corrected chi connectivity index (χ4v) is 4.86. The molecule has 0 unspecified atom stereocenters. The number of hydrogen-bond acceptors (Lipinski definition) is 7. The summed E-state index contributed by atoms with van der Waals surface area (Å²) in [7, 11) is 0. The molecule has 3 aromatic carbocycles. The summed E-state index contributed by atoms with van der Waals surface area (Å²) in [6, 6.07) is 19.1. The summed E-state index contributed by atoms with van der Waals surface area (Å²) in [6.07, 6.45) is -0.445. The Balaban J connectivity index is 1.20. The van der Waals surface area contributed by atoms with Crippen LogP contribution in [0.4, 0.5) is 16.2 Å². The maximum Gasteiger partial charge on any atom is 0.407 e. The lowest BCUT2D eigenvalue weighted by Crippen LogP contribution is -2.45. The Hall–Kier alpha value is -5.32. The van der Waals surface area contributed by atoms with Gasteiger partial charge in [0, 0.05) is 46.0 Å². The standard InChI is InChI=1S/C34H36N4O7/c1-21-6-10-25(35-31(39)24-8-12-28-29(19-24)44-17-16-43-28)20-27(21)37-32(40)23-7-11-26-22(18-23)9-13-30(36-26)45-15-5-14-38(33(41)42)34(2,3)4/h6-13,18-20H,5,14-17H2,1-4H3,(H,35,39)(H,37,40)(H,41,42). The fraction of sp³-hybridized carbons (Fsp3) is 0.294. The molecule has 4 aromatic rings. The maximum absolute atomic E-state index is 13.2. The van der Waals surface area contributed by atoms with E-state index in [9.17, 15) is 19.5 Å². The van der Waals surface area contributed by atoms with Crippen molar-refractivity contribution >= 4 is 40.2 Å². The number of fused-ring (bicyclic) bond motifs is 2. The lowest BCUT2D eigenvalue weighted by Gasteiger charge is -2.33. The minimum absolute atomic E-state index is 0.308. The summed E-state index contributed by atoms with van der Waals surface area (Å²) in [5, 5.41) is 16.0. The van der Waals surface area contributed by atoms with Crippen molar-refractivity contribution in [2.45, 2.75) is 39.7 Å². The molecule has 0 atom stereocenters. The summed E-state index contributed by atoms with van der Waals surface area (Å²) in [5.41, 5.74) is 2.95. The van der Waals surface area contributed by atoms with Gasteiger partial charge in [-0.15, -0.1) is 0 Å². The molecule has 0 spiro atoms.